The standard InChI is InChI=1S/C27H31N7O3/c1-17-15-34(16-18(2)37-17)25(35)24(28)20-8-7-19(9-11-27(3,36)22-6-4-5-12-30-22)14-21(20)32-23-10-13-31-26(29)33-23/h4-8,12,14,17-18,28,36H,10,13,15-16H2,1-3H3,(H3,29,31,32,33)/p+1/t17-,18-,27?/m1/s1. The van der Waals surface area contributed by atoms with E-state index in [1.807, 2.05) is 13.8 Å². The van der Waals surface area contributed by atoms with E-state index >= 15 is 0 Å². The van der Waals surface area contributed by atoms with Gasteiger partial charge in [0.2, 0.25) is 5.96 Å². The monoisotopic (exact) mass is 502 g/mol. The summed E-state index contributed by atoms with van der Waals surface area (Å²) in [6, 6.07) is 10.5. The maximum Gasteiger partial charge on any atom is 0.318 e. The van der Waals surface area contributed by atoms with Crippen molar-refractivity contribution in [2.75, 3.05) is 25.0 Å². The van der Waals surface area contributed by atoms with Crippen LogP contribution in [0.4, 0.5) is 5.69 Å². The third-order valence-corrected chi connectivity index (χ3v) is 6.01. The van der Waals surface area contributed by atoms with Crippen LogP contribution in [0.5, 0.6) is 0 Å². The zero-order valence-corrected chi connectivity index (χ0v) is 21.2. The van der Waals surface area contributed by atoms with E-state index in [4.69, 9.17) is 15.9 Å². The van der Waals surface area contributed by atoms with Gasteiger partial charge in [-0.1, -0.05) is 17.9 Å². The Morgan fingerprint density at radius 1 is 1.27 bits per heavy atom. The molecule has 6 N–H and O–H groups in total. The zero-order valence-electron chi connectivity index (χ0n) is 21.2. The fourth-order valence-electron chi connectivity index (χ4n) is 4.25. The highest BCUT2D eigenvalue weighted by atomic mass is 16.5. The molecule has 1 unspecified atom stereocenters. The third-order valence-electron chi connectivity index (χ3n) is 6.01. The SMILES string of the molecule is C[C@@H]1CN(C(=O)C(=[NH2+])c2ccc(C#CC(C)(O)c3ccccn3)cc2NC2=NC(N)=NCC2)C[C@@H](C)O1. The molecule has 0 saturated carbocycles. The first-order valence-electron chi connectivity index (χ1n) is 12.2. The minimum Gasteiger partial charge on any atom is -0.372 e. The van der Waals surface area contributed by atoms with Crippen LogP contribution in [0, 0.1) is 11.8 Å². The molecule has 4 rings (SSSR count). The number of carbonyl (C=O) groups is 1. The van der Waals surface area contributed by atoms with Gasteiger partial charge in [-0.25, -0.2) is 10.4 Å². The summed E-state index contributed by atoms with van der Waals surface area (Å²) in [5, 5.41) is 20.5. The van der Waals surface area contributed by atoms with Crippen molar-refractivity contribution in [3.8, 4) is 11.8 Å². The maximum absolute atomic E-state index is 13.3. The molecule has 0 aliphatic carbocycles. The molecule has 10 heteroatoms. The fraction of sp³-hybridized carbons (Fsp3) is 0.370. The maximum atomic E-state index is 13.3. The van der Waals surface area contributed by atoms with Gasteiger partial charge in [0, 0.05) is 37.8 Å². The summed E-state index contributed by atoms with van der Waals surface area (Å²) in [5.41, 5.74) is 6.57. The van der Waals surface area contributed by atoms with Crippen molar-refractivity contribution in [1.82, 2.24) is 9.88 Å². The number of hydrogen-bond donors (Lipinski definition) is 4. The highest BCUT2D eigenvalue weighted by molar-refractivity contribution is 6.44. The first-order valence-corrected chi connectivity index (χ1v) is 12.2. The number of aliphatic hydroxyl groups is 1. The van der Waals surface area contributed by atoms with Crippen LogP contribution >= 0.6 is 0 Å². The number of aliphatic imine (C=N–C) groups is 2. The van der Waals surface area contributed by atoms with Gasteiger partial charge in [0.05, 0.1) is 29.2 Å². The van der Waals surface area contributed by atoms with Gasteiger partial charge in [-0.2, -0.15) is 0 Å². The Kier molecular flexibility index (Phi) is 7.66. The van der Waals surface area contributed by atoms with Crippen LogP contribution in [-0.4, -0.2) is 70.2 Å². The molecule has 2 aliphatic rings. The Hall–Kier alpha value is -4.07. The zero-order chi connectivity index (χ0) is 26.6. The first-order chi connectivity index (χ1) is 17.6. The summed E-state index contributed by atoms with van der Waals surface area (Å²) in [5.74, 6) is 6.41. The van der Waals surface area contributed by atoms with Crippen molar-refractivity contribution in [3.63, 3.8) is 0 Å². The van der Waals surface area contributed by atoms with Crippen LogP contribution in [0.25, 0.3) is 0 Å². The Bertz CT molecular complexity index is 1300. The molecule has 37 heavy (non-hydrogen) atoms. The van der Waals surface area contributed by atoms with Crippen molar-refractivity contribution in [3.05, 3.63) is 59.4 Å². The quantitative estimate of drug-likeness (QED) is 0.343. The molecule has 3 heterocycles. The molecule has 2 aromatic rings. The summed E-state index contributed by atoms with van der Waals surface area (Å²) >= 11 is 0. The Labute approximate surface area is 216 Å². The lowest BCUT2D eigenvalue weighted by molar-refractivity contribution is -0.150. The lowest BCUT2D eigenvalue weighted by Gasteiger charge is -2.34. The van der Waals surface area contributed by atoms with Gasteiger partial charge in [-0.05, 0) is 51.1 Å². The summed E-state index contributed by atoms with van der Waals surface area (Å²) in [6.45, 7) is 6.86. The van der Waals surface area contributed by atoms with E-state index in [-0.39, 0.29) is 29.8 Å². The summed E-state index contributed by atoms with van der Waals surface area (Å²) in [6.07, 6.45) is 1.99. The number of pyridine rings is 1. The number of anilines is 1. The molecule has 1 fully saturated rings. The molecular formula is C27H32N7O3+. The number of benzene rings is 1. The average Bonchev–Trinajstić information content (AvgIpc) is 2.87. The number of nitrogens with two attached hydrogens (primary N) is 2. The Morgan fingerprint density at radius 2 is 2.03 bits per heavy atom. The first kappa shape index (κ1) is 26.0. The van der Waals surface area contributed by atoms with E-state index < -0.39 is 5.60 Å². The molecule has 10 nitrogen and oxygen atoms in total. The highest BCUT2D eigenvalue weighted by Crippen LogP contribution is 2.22. The number of carbonyl (C=O) groups excluding carboxylic acids is 1. The molecule has 0 radical (unpaired) electrons. The number of amides is 1. The number of morpholine rings is 1. The Morgan fingerprint density at radius 3 is 2.70 bits per heavy atom. The summed E-state index contributed by atoms with van der Waals surface area (Å²) < 4.78 is 5.75. The van der Waals surface area contributed by atoms with Crippen molar-refractivity contribution < 1.29 is 20.0 Å². The van der Waals surface area contributed by atoms with Gasteiger partial charge in [0.25, 0.3) is 5.71 Å². The number of nitrogens with zero attached hydrogens (tertiary/aromatic N) is 4. The van der Waals surface area contributed by atoms with Crippen molar-refractivity contribution in [1.29, 1.82) is 0 Å². The topological polar surface area (TPSA) is 151 Å². The molecule has 0 spiro atoms. The van der Waals surface area contributed by atoms with Gasteiger partial charge in [0.15, 0.2) is 5.60 Å². The van der Waals surface area contributed by atoms with Gasteiger partial charge >= 0.3 is 5.91 Å². The normalized spacial score (nSPS) is 21.0. The molecule has 0 bridgehead atoms. The average molecular weight is 503 g/mol. The van der Waals surface area contributed by atoms with E-state index in [0.29, 0.717) is 54.4 Å². The molecule has 1 aromatic carbocycles. The predicted molar refractivity (Wildman–Crippen MR) is 142 cm³/mol. The molecule has 1 aromatic heterocycles. The number of guanidine groups is 1. The second-order valence-electron chi connectivity index (χ2n) is 9.35. The van der Waals surface area contributed by atoms with Crippen LogP contribution in [0.1, 0.15) is 44.0 Å². The third kappa shape index (κ3) is 6.39. The molecule has 1 amide bonds. The van der Waals surface area contributed by atoms with Gasteiger partial charge < -0.3 is 25.8 Å². The number of aromatic nitrogens is 1. The summed E-state index contributed by atoms with van der Waals surface area (Å²) in [7, 11) is 0. The number of amidine groups is 1. The smallest absolute Gasteiger partial charge is 0.318 e. The van der Waals surface area contributed by atoms with Gasteiger partial charge in [-0.3, -0.25) is 14.8 Å². The van der Waals surface area contributed by atoms with E-state index in [0.717, 1.165) is 0 Å². The second-order valence-corrected chi connectivity index (χ2v) is 9.35. The lowest BCUT2D eigenvalue weighted by atomic mass is 10.00. The van der Waals surface area contributed by atoms with Crippen LogP contribution in [-0.2, 0) is 15.1 Å². The van der Waals surface area contributed by atoms with Crippen molar-refractivity contribution in [2.45, 2.75) is 45.0 Å². The molecule has 2 aliphatic heterocycles. The molecule has 192 valence electrons. The number of rotatable bonds is 4. The molecule has 3 atom stereocenters. The predicted octanol–water partition coefficient (Wildman–Crippen LogP) is 0.0536. The van der Waals surface area contributed by atoms with Crippen LogP contribution < -0.4 is 16.5 Å². The summed E-state index contributed by atoms with van der Waals surface area (Å²) in [4.78, 5) is 27.6. The second kappa shape index (κ2) is 10.9. The molecular weight excluding hydrogens is 470 g/mol. The number of ether oxygens (including phenoxy) is 1. The number of nitrogens with one attached hydrogen (secondary N) is 1. The van der Waals surface area contributed by atoms with Gasteiger partial charge in [0.1, 0.15) is 5.84 Å². The number of hydrogen-bond acceptors (Lipinski definition) is 8. The fourth-order valence-corrected chi connectivity index (χ4v) is 4.25. The van der Waals surface area contributed by atoms with Crippen LogP contribution in [0.3, 0.4) is 0 Å². The van der Waals surface area contributed by atoms with E-state index in [1.165, 1.54) is 0 Å². The lowest BCUT2D eigenvalue weighted by Crippen LogP contribution is -2.56. The van der Waals surface area contributed by atoms with Crippen LogP contribution in [0.2, 0.25) is 0 Å². The van der Waals surface area contributed by atoms with E-state index in [1.54, 1.807) is 54.4 Å². The van der Waals surface area contributed by atoms with E-state index in [2.05, 4.69) is 32.1 Å². The minimum atomic E-state index is -1.45. The van der Waals surface area contributed by atoms with Gasteiger partial charge in [-0.15, -0.1) is 0 Å². The highest BCUT2D eigenvalue weighted by Gasteiger charge is 2.32. The largest absolute Gasteiger partial charge is 0.372 e. The van der Waals surface area contributed by atoms with Crippen molar-refractivity contribution >= 4 is 29.1 Å². The molecule has 1 saturated heterocycles. The van der Waals surface area contributed by atoms with E-state index in [9.17, 15) is 9.90 Å². The van der Waals surface area contributed by atoms with Crippen LogP contribution in [0.15, 0.2) is 52.6 Å². The van der Waals surface area contributed by atoms with Crippen molar-refractivity contribution in [2.24, 2.45) is 15.7 Å². The Balaban J connectivity index is 1.66. The minimum absolute atomic E-state index is 0.0819.